The second kappa shape index (κ2) is 12.9. The van der Waals surface area contributed by atoms with E-state index in [1.54, 1.807) is 0 Å². The van der Waals surface area contributed by atoms with Gasteiger partial charge in [0.25, 0.3) is 0 Å². The topological polar surface area (TPSA) is 153 Å². The van der Waals surface area contributed by atoms with Crippen molar-refractivity contribution in [2.75, 3.05) is 37.7 Å². The molecule has 0 radical (unpaired) electrons. The van der Waals surface area contributed by atoms with Crippen LogP contribution in [0.25, 0.3) is 0 Å². The molecule has 1 aromatic rings. The molecule has 0 spiro atoms. The Kier molecular flexibility index (Phi) is 9.95. The lowest BCUT2D eigenvalue weighted by Gasteiger charge is -2.42. The molecule has 4 aliphatic rings. The van der Waals surface area contributed by atoms with E-state index < -0.39 is 55.0 Å². The molecule has 1 heterocycles. The minimum absolute atomic E-state index is 0.0864. The third-order valence-electron chi connectivity index (χ3n) is 13.4. The fraction of sp³-hybridized carbons (Fsp3) is 0.824. The van der Waals surface area contributed by atoms with Gasteiger partial charge in [-0.15, -0.1) is 0 Å². The number of nitrogens with zero attached hydrogens (tertiary/aromatic N) is 4. The van der Waals surface area contributed by atoms with Crippen LogP contribution < -0.4 is 0 Å². The highest BCUT2D eigenvalue weighted by Crippen LogP contribution is 2.68. The van der Waals surface area contributed by atoms with Crippen LogP contribution in [0.15, 0.2) is 12.4 Å². The van der Waals surface area contributed by atoms with E-state index in [0.717, 1.165) is 12.8 Å². The Labute approximate surface area is 286 Å². The summed E-state index contributed by atoms with van der Waals surface area (Å²) in [5, 5.41) is 0. The van der Waals surface area contributed by atoms with E-state index in [9.17, 15) is 26.4 Å². The highest BCUT2D eigenvalue weighted by atomic mass is 32.2. The van der Waals surface area contributed by atoms with Gasteiger partial charge in [-0.2, -0.15) is 0 Å². The molecule has 4 saturated carbocycles. The molecule has 4 bridgehead atoms. The second-order valence-corrected chi connectivity index (χ2v) is 19.4. The average Bonchev–Trinajstić information content (AvgIpc) is 3.55. The van der Waals surface area contributed by atoms with Gasteiger partial charge in [0.05, 0.1) is 23.9 Å². The molecular formula is C34H54N4O8S2. The van der Waals surface area contributed by atoms with E-state index in [4.69, 9.17) is 9.47 Å². The number of sulfonamides is 2. The van der Waals surface area contributed by atoms with Gasteiger partial charge in [0.15, 0.2) is 11.4 Å². The van der Waals surface area contributed by atoms with Crippen molar-refractivity contribution in [3.8, 4) is 0 Å². The summed E-state index contributed by atoms with van der Waals surface area (Å²) >= 11 is 0. The fourth-order valence-corrected chi connectivity index (χ4v) is 14.6. The van der Waals surface area contributed by atoms with Crippen LogP contribution in [-0.4, -0.2) is 97.2 Å². The first-order valence-electron chi connectivity index (χ1n) is 17.5. The van der Waals surface area contributed by atoms with Crippen molar-refractivity contribution in [3.63, 3.8) is 0 Å². The first-order chi connectivity index (χ1) is 22.4. The number of hydrogen-bond donors (Lipinski definition) is 0. The standard InChI is InChI=1S/C34H54N4O8S2/c1-9-37(10-2)47(41,42)21-33-15-13-23(31(33,5)6)17-27(33)45-29(39)25-19-36-26(20-35-25)30(40)46-28-18-24-14-16-34(28,32(24,7)8)22-48(43,44)38(11-3)12-4/h19-20,23-24,27-28H,9-18,21-22H2,1-8H3/t23-,24-,27-,28-,33+,34+/m1/s1. The van der Waals surface area contributed by atoms with Crippen LogP contribution in [0, 0.1) is 33.5 Å². The zero-order valence-corrected chi connectivity index (χ0v) is 31.5. The maximum absolute atomic E-state index is 13.5. The number of hydrogen-bond acceptors (Lipinski definition) is 10. The van der Waals surface area contributed by atoms with Gasteiger partial charge in [-0.1, -0.05) is 55.4 Å². The van der Waals surface area contributed by atoms with E-state index in [0.29, 0.717) is 51.9 Å². The Balaban J connectivity index is 1.30. The number of rotatable bonds is 14. The second-order valence-electron chi connectivity index (χ2n) is 15.5. The maximum Gasteiger partial charge on any atom is 0.358 e. The maximum atomic E-state index is 13.5. The van der Waals surface area contributed by atoms with E-state index in [-0.39, 0.29) is 45.6 Å². The van der Waals surface area contributed by atoms with E-state index in [1.165, 1.54) is 21.0 Å². The lowest BCUT2D eigenvalue weighted by Crippen LogP contribution is -2.49. The van der Waals surface area contributed by atoms with Gasteiger partial charge >= 0.3 is 11.9 Å². The Morgan fingerprint density at radius 2 is 1.02 bits per heavy atom. The molecule has 6 atom stereocenters. The molecule has 12 nitrogen and oxygen atoms in total. The van der Waals surface area contributed by atoms with Crippen molar-refractivity contribution in [1.29, 1.82) is 0 Å². The zero-order chi connectivity index (χ0) is 35.5. The molecule has 270 valence electrons. The summed E-state index contributed by atoms with van der Waals surface area (Å²) < 4.78 is 68.8. The SMILES string of the molecule is CCN(CC)S(=O)(=O)C[C@@]12CC[C@H](C[C@H]1OC(=O)c1cnc(C(=O)O[C@@H]3C[C@H]4CC[C@@]3(CS(=O)(=O)N(CC)CC)C4(C)C)cn1)C2(C)C. The van der Waals surface area contributed by atoms with Gasteiger partial charge in [-0.25, -0.2) is 45.0 Å². The molecule has 48 heavy (non-hydrogen) atoms. The molecule has 0 aromatic carbocycles. The Morgan fingerprint density at radius 3 is 1.29 bits per heavy atom. The third kappa shape index (κ3) is 5.79. The van der Waals surface area contributed by atoms with Crippen molar-refractivity contribution >= 4 is 32.0 Å². The molecule has 4 fully saturated rings. The normalized spacial score (nSPS) is 31.9. The molecule has 0 aliphatic heterocycles. The lowest BCUT2D eigenvalue weighted by atomic mass is 9.69. The molecule has 5 rings (SSSR count). The van der Waals surface area contributed by atoms with Gasteiger partial charge in [-0.3, -0.25) is 0 Å². The molecule has 0 N–H and O–H groups in total. The smallest absolute Gasteiger partial charge is 0.358 e. The highest BCUT2D eigenvalue weighted by Gasteiger charge is 2.68. The molecular weight excluding hydrogens is 657 g/mol. The molecule has 1 aromatic heterocycles. The molecule has 0 saturated heterocycles. The Hall–Kier alpha value is -2.16. The fourth-order valence-electron chi connectivity index (χ4n) is 10.00. The van der Waals surface area contributed by atoms with Gasteiger partial charge in [0.1, 0.15) is 12.2 Å². The number of aromatic nitrogens is 2. The zero-order valence-electron chi connectivity index (χ0n) is 29.8. The third-order valence-corrected chi connectivity index (χ3v) is 17.7. The quantitative estimate of drug-likeness (QED) is 0.252. The molecule has 0 amide bonds. The number of ether oxygens (including phenoxy) is 2. The molecule has 4 aliphatic carbocycles. The van der Waals surface area contributed by atoms with Gasteiger partial charge in [0, 0.05) is 37.0 Å². The van der Waals surface area contributed by atoms with E-state index in [2.05, 4.69) is 37.7 Å². The van der Waals surface area contributed by atoms with Gasteiger partial charge in [-0.05, 0) is 61.2 Å². The minimum Gasteiger partial charge on any atom is -0.457 e. The van der Waals surface area contributed by atoms with Crippen molar-refractivity contribution in [2.45, 2.75) is 106 Å². The highest BCUT2D eigenvalue weighted by molar-refractivity contribution is 7.89. The summed E-state index contributed by atoms with van der Waals surface area (Å²) in [6.45, 7) is 17.1. The van der Waals surface area contributed by atoms with Crippen LogP contribution >= 0.6 is 0 Å². The predicted molar refractivity (Wildman–Crippen MR) is 181 cm³/mol. The largest absolute Gasteiger partial charge is 0.457 e. The number of esters is 2. The predicted octanol–water partition coefficient (Wildman–Crippen LogP) is 4.52. The Bertz CT molecular complexity index is 1490. The number of carbonyl (C=O) groups is 2. The minimum atomic E-state index is -3.59. The summed E-state index contributed by atoms with van der Waals surface area (Å²) in [7, 11) is -7.17. The van der Waals surface area contributed by atoms with Gasteiger partial charge < -0.3 is 9.47 Å². The van der Waals surface area contributed by atoms with Gasteiger partial charge in [0.2, 0.25) is 20.0 Å². The van der Waals surface area contributed by atoms with Crippen molar-refractivity contribution < 1.29 is 35.9 Å². The van der Waals surface area contributed by atoms with Crippen LogP contribution in [0.4, 0.5) is 0 Å². The first-order valence-corrected chi connectivity index (χ1v) is 20.8. The van der Waals surface area contributed by atoms with Crippen LogP contribution in [-0.2, 0) is 29.5 Å². The summed E-state index contributed by atoms with van der Waals surface area (Å²) in [6.07, 6.45) is 5.39. The van der Waals surface area contributed by atoms with Crippen LogP contribution in [0.2, 0.25) is 0 Å². The summed E-state index contributed by atoms with van der Waals surface area (Å²) in [6, 6.07) is 0. The average molecular weight is 711 g/mol. The van der Waals surface area contributed by atoms with Crippen molar-refractivity contribution in [2.24, 2.45) is 33.5 Å². The molecule has 0 unspecified atom stereocenters. The van der Waals surface area contributed by atoms with Crippen molar-refractivity contribution in [3.05, 3.63) is 23.8 Å². The first kappa shape index (κ1) is 37.1. The van der Waals surface area contributed by atoms with Crippen LogP contribution in [0.5, 0.6) is 0 Å². The van der Waals surface area contributed by atoms with Crippen LogP contribution in [0.3, 0.4) is 0 Å². The summed E-state index contributed by atoms with van der Waals surface area (Å²) in [5.74, 6) is -1.15. The van der Waals surface area contributed by atoms with Crippen LogP contribution in [0.1, 0.15) is 115 Å². The van der Waals surface area contributed by atoms with E-state index in [1.807, 2.05) is 27.7 Å². The van der Waals surface area contributed by atoms with E-state index >= 15 is 0 Å². The number of fused-ring (bicyclic) bond motifs is 4. The Morgan fingerprint density at radius 1 is 0.688 bits per heavy atom. The summed E-state index contributed by atoms with van der Waals surface area (Å²) in [5.41, 5.74) is -2.31. The summed E-state index contributed by atoms with van der Waals surface area (Å²) in [4.78, 5) is 35.2. The lowest BCUT2D eigenvalue weighted by molar-refractivity contribution is -0.0247. The molecule has 14 heteroatoms. The number of carbonyl (C=O) groups excluding carboxylic acids is 2. The van der Waals surface area contributed by atoms with Crippen molar-refractivity contribution in [1.82, 2.24) is 18.6 Å². The monoisotopic (exact) mass is 710 g/mol.